The number of hydrogen-bond donors (Lipinski definition) is 0. The Balaban J connectivity index is 2.14. The molecule has 2 rings (SSSR count). The summed E-state index contributed by atoms with van der Waals surface area (Å²) in [6, 6.07) is 7.82. The van der Waals surface area contributed by atoms with Crippen molar-refractivity contribution < 1.29 is 4.74 Å². The summed E-state index contributed by atoms with van der Waals surface area (Å²) >= 11 is 12.7. The lowest BCUT2D eigenvalue weighted by molar-refractivity contribution is 0.346. The van der Waals surface area contributed by atoms with E-state index in [9.17, 15) is 0 Å². The third-order valence-corrected chi connectivity index (χ3v) is 4.35. The van der Waals surface area contributed by atoms with Gasteiger partial charge in [0.25, 0.3) is 0 Å². The Morgan fingerprint density at radius 3 is 2.80 bits per heavy atom. The molecular formula is C14H15ClN2OS2. The summed E-state index contributed by atoms with van der Waals surface area (Å²) in [5, 5.41) is 0.896. The average Bonchev–Trinajstić information content (AvgIpc) is 2.92. The smallest absolute Gasteiger partial charge is 0.220 e. The van der Waals surface area contributed by atoms with E-state index in [1.807, 2.05) is 42.0 Å². The van der Waals surface area contributed by atoms with Gasteiger partial charge in [-0.3, -0.25) is 0 Å². The molecule has 106 valence electrons. The lowest BCUT2D eigenvalue weighted by Crippen LogP contribution is -2.08. The van der Waals surface area contributed by atoms with Crippen LogP contribution in [0, 0.1) is 0 Å². The standard InChI is InChI=1S/C14H15ClN2OS2/c1-2-18-14(19)20-13(9-17-8-7-16-10-17)11-3-5-12(15)6-4-11/h3-8,10,13H,2,9H2,1H3. The van der Waals surface area contributed by atoms with Crippen LogP contribution < -0.4 is 0 Å². The van der Waals surface area contributed by atoms with Gasteiger partial charge in [-0.1, -0.05) is 35.5 Å². The van der Waals surface area contributed by atoms with Gasteiger partial charge in [-0.05, 0) is 36.8 Å². The number of nitrogens with zero attached hydrogens (tertiary/aromatic N) is 2. The van der Waals surface area contributed by atoms with Crippen molar-refractivity contribution in [1.82, 2.24) is 9.55 Å². The minimum absolute atomic E-state index is 0.167. The van der Waals surface area contributed by atoms with E-state index in [2.05, 4.69) is 4.98 Å². The molecule has 3 nitrogen and oxygen atoms in total. The first-order valence-corrected chi connectivity index (χ1v) is 7.90. The van der Waals surface area contributed by atoms with E-state index in [0.717, 1.165) is 17.1 Å². The zero-order valence-corrected chi connectivity index (χ0v) is 13.4. The SMILES string of the molecule is CCOC(=S)SC(Cn1ccnc1)c1ccc(Cl)cc1. The second-order valence-electron chi connectivity index (χ2n) is 4.10. The fraction of sp³-hybridized carbons (Fsp3) is 0.286. The highest BCUT2D eigenvalue weighted by molar-refractivity contribution is 8.22. The van der Waals surface area contributed by atoms with Crippen LogP contribution in [0.15, 0.2) is 43.0 Å². The van der Waals surface area contributed by atoms with Crippen molar-refractivity contribution in [3.8, 4) is 0 Å². The van der Waals surface area contributed by atoms with Crippen LogP contribution in [0.25, 0.3) is 0 Å². The summed E-state index contributed by atoms with van der Waals surface area (Å²) in [5.41, 5.74) is 1.16. The van der Waals surface area contributed by atoms with Gasteiger partial charge in [0.05, 0.1) is 18.2 Å². The lowest BCUT2D eigenvalue weighted by atomic mass is 10.1. The fourth-order valence-electron chi connectivity index (χ4n) is 1.74. The zero-order valence-electron chi connectivity index (χ0n) is 11.0. The molecule has 0 N–H and O–H groups in total. The molecule has 20 heavy (non-hydrogen) atoms. The van der Waals surface area contributed by atoms with E-state index < -0.39 is 0 Å². The second-order valence-corrected chi connectivity index (χ2v) is 6.34. The van der Waals surface area contributed by atoms with Gasteiger partial charge >= 0.3 is 0 Å². The van der Waals surface area contributed by atoms with Crippen LogP contribution in [0.4, 0.5) is 0 Å². The first kappa shape index (κ1) is 15.4. The number of imidazole rings is 1. The van der Waals surface area contributed by atoms with Gasteiger partial charge < -0.3 is 9.30 Å². The minimum Gasteiger partial charge on any atom is -0.479 e. The van der Waals surface area contributed by atoms with Crippen molar-refractivity contribution in [2.45, 2.75) is 18.7 Å². The second kappa shape index (κ2) is 7.67. The van der Waals surface area contributed by atoms with Crippen LogP contribution in [-0.4, -0.2) is 20.5 Å². The number of aromatic nitrogens is 2. The number of halogens is 1. The monoisotopic (exact) mass is 326 g/mol. The predicted octanol–water partition coefficient (Wildman–Crippen LogP) is 4.33. The average molecular weight is 327 g/mol. The van der Waals surface area contributed by atoms with E-state index >= 15 is 0 Å². The summed E-state index contributed by atoms with van der Waals surface area (Å²) in [5.74, 6) is 0. The van der Waals surface area contributed by atoms with E-state index in [1.54, 1.807) is 24.3 Å². The molecule has 0 aliphatic rings. The molecule has 0 amide bonds. The third kappa shape index (κ3) is 4.51. The molecule has 0 saturated heterocycles. The number of rotatable bonds is 5. The highest BCUT2D eigenvalue weighted by Gasteiger charge is 2.16. The van der Waals surface area contributed by atoms with Crippen LogP contribution in [0.1, 0.15) is 17.7 Å². The summed E-state index contributed by atoms with van der Waals surface area (Å²) in [6.45, 7) is 3.30. The summed E-state index contributed by atoms with van der Waals surface area (Å²) in [4.78, 5) is 4.07. The largest absolute Gasteiger partial charge is 0.479 e. The molecular weight excluding hydrogens is 312 g/mol. The van der Waals surface area contributed by atoms with Crippen molar-refractivity contribution in [3.05, 3.63) is 53.6 Å². The molecule has 1 atom stereocenters. The van der Waals surface area contributed by atoms with Gasteiger partial charge in [-0.2, -0.15) is 0 Å². The molecule has 0 bridgehead atoms. The highest BCUT2D eigenvalue weighted by Crippen LogP contribution is 2.32. The first-order valence-electron chi connectivity index (χ1n) is 6.23. The molecule has 6 heteroatoms. The van der Waals surface area contributed by atoms with Crippen LogP contribution in [0.2, 0.25) is 5.02 Å². The maximum Gasteiger partial charge on any atom is 0.220 e. The topological polar surface area (TPSA) is 27.1 Å². The third-order valence-electron chi connectivity index (χ3n) is 2.68. The van der Waals surface area contributed by atoms with Crippen molar-refractivity contribution >= 4 is 40.0 Å². The van der Waals surface area contributed by atoms with E-state index in [-0.39, 0.29) is 5.25 Å². The highest BCUT2D eigenvalue weighted by atomic mass is 35.5. The molecule has 1 aromatic heterocycles. The van der Waals surface area contributed by atoms with Gasteiger partial charge in [-0.15, -0.1) is 0 Å². The molecule has 0 radical (unpaired) electrons. The zero-order chi connectivity index (χ0) is 14.4. The first-order chi connectivity index (χ1) is 9.69. The number of thiocarbonyl (C=S) groups is 1. The molecule has 0 spiro atoms. The van der Waals surface area contributed by atoms with Crippen LogP contribution in [0.3, 0.4) is 0 Å². The summed E-state index contributed by atoms with van der Waals surface area (Å²) < 4.78 is 7.97. The quantitative estimate of drug-likeness (QED) is 0.764. The number of thioether (sulfide) groups is 1. The van der Waals surface area contributed by atoms with Crippen molar-refractivity contribution in [1.29, 1.82) is 0 Å². The predicted molar refractivity (Wildman–Crippen MR) is 88.2 cm³/mol. The Morgan fingerprint density at radius 1 is 1.45 bits per heavy atom. The van der Waals surface area contributed by atoms with E-state index in [4.69, 9.17) is 28.6 Å². The maximum absolute atomic E-state index is 5.94. The summed E-state index contributed by atoms with van der Waals surface area (Å²) in [7, 11) is 0. The Kier molecular flexibility index (Phi) is 5.88. The Bertz CT molecular complexity index is 543. The minimum atomic E-state index is 0.167. The Morgan fingerprint density at radius 2 is 2.20 bits per heavy atom. The molecule has 1 aromatic carbocycles. The lowest BCUT2D eigenvalue weighted by Gasteiger charge is -2.18. The molecule has 1 heterocycles. The molecule has 0 aliphatic heterocycles. The van der Waals surface area contributed by atoms with Crippen molar-refractivity contribution in [3.63, 3.8) is 0 Å². The molecule has 0 aliphatic carbocycles. The number of benzene rings is 1. The van der Waals surface area contributed by atoms with Gasteiger partial charge in [0, 0.05) is 24.0 Å². The van der Waals surface area contributed by atoms with Crippen LogP contribution in [0.5, 0.6) is 0 Å². The Hall–Kier alpha value is -1.04. The number of ether oxygens (including phenoxy) is 1. The number of hydrogen-bond acceptors (Lipinski definition) is 4. The van der Waals surface area contributed by atoms with Crippen LogP contribution >= 0.6 is 35.6 Å². The van der Waals surface area contributed by atoms with Gasteiger partial charge in [0.1, 0.15) is 0 Å². The molecule has 0 saturated carbocycles. The normalized spacial score (nSPS) is 12.1. The molecule has 1 unspecified atom stereocenters. The van der Waals surface area contributed by atoms with E-state index in [0.29, 0.717) is 11.0 Å². The van der Waals surface area contributed by atoms with Gasteiger partial charge in [0.2, 0.25) is 4.38 Å². The molecule has 2 aromatic rings. The van der Waals surface area contributed by atoms with E-state index in [1.165, 1.54) is 0 Å². The van der Waals surface area contributed by atoms with Crippen molar-refractivity contribution in [2.24, 2.45) is 0 Å². The Labute approximate surface area is 133 Å². The molecule has 0 fully saturated rings. The van der Waals surface area contributed by atoms with Gasteiger partial charge in [-0.25, -0.2) is 4.98 Å². The maximum atomic E-state index is 5.94. The van der Waals surface area contributed by atoms with Gasteiger partial charge in [0.15, 0.2) is 0 Å². The summed E-state index contributed by atoms with van der Waals surface area (Å²) in [6.07, 6.45) is 5.50. The van der Waals surface area contributed by atoms with Crippen molar-refractivity contribution in [2.75, 3.05) is 6.61 Å². The van der Waals surface area contributed by atoms with Crippen LogP contribution in [-0.2, 0) is 11.3 Å². The fourth-order valence-corrected chi connectivity index (χ4v) is 3.29.